The van der Waals surface area contributed by atoms with E-state index in [2.05, 4.69) is 10.3 Å². The van der Waals surface area contributed by atoms with Crippen molar-refractivity contribution < 1.29 is 4.79 Å². The highest BCUT2D eigenvalue weighted by molar-refractivity contribution is 8.26. The van der Waals surface area contributed by atoms with Crippen LogP contribution >= 0.6 is 24.0 Å². The third-order valence-corrected chi connectivity index (χ3v) is 5.19. The molecule has 2 aromatic heterocycles. The third kappa shape index (κ3) is 3.52. The number of amides is 1. The summed E-state index contributed by atoms with van der Waals surface area (Å²) in [6.07, 6.45) is 3.27. The molecule has 8 heteroatoms. The first-order chi connectivity index (χ1) is 12.4. The van der Waals surface area contributed by atoms with Crippen molar-refractivity contribution in [2.45, 2.75) is 20.8 Å². The van der Waals surface area contributed by atoms with Gasteiger partial charge < -0.3 is 5.32 Å². The van der Waals surface area contributed by atoms with Crippen LogP contribution in [0.2, 0.25) is 0 Å². The number of hydrogen-bond donors (Lipinski definition) is 1. The molecule has 1 fully saturated rings. The average molecular weight is 389 g/mol. The van der Waals surface area contributed by atoms with E-state index in [1.165, 1.54) is 16.2 Å². The summed E-state index contributed by atoms with van der Waals surface area (Å²) in [5.74, 6) is 0.619. The fourth-order valence-electron chi connectivity index (χ4n) is 2.69. The molecule has 3 rings (SSSR count). The summed E-state index contributed by atoms with van der Waals surface area (Å²) < 4.78 is 2.00. The van der Waals surface area contributed by atoms with Gasteiger partial charge in [0.15, 0.2) is 0 Å². The number of thioether (sulfide) groups is 1. The second-order valence-corrected chi connectivity index (χ2v) is 8.00. The number of aromatic nitrogens is 2. The number of nitrogens with zero attached hydrogens (tertiary/aromatic N) is 3. The molecular formula is C18H20N4O2S2. The highest BCUT2D eigenvalue weighted by atomic mass is 32.2. The lowest BCUT2D eigenvalue weighted by molar-refractivity contribution is -0.122. The van der Waals surface area contributed by atoms with E-state index in [0.717, 1.165) is 0 Å². The van der Waals surface area contributed by atoms with E-state index in [9.17, 15) is 9.59 Å². The molecule has 0 saturated carbocycles. The predicted octanol–water partition coefficient (Wildman–Crippen LogP) is 2.98. The van der Waals surface area contributed by atoms with Crippen LogP contribution in [0.25, 0.3) is 11.7 Å². The minimum atomic E-state index is -0.222. The number of nitrogens with one attached hydrogen (secondary N) is 1. The molecule has 1 amide bonds. The van der Waals surface area contributed by atoms with Crippen LogP contribution in [0.15, 0.2) is 34.1 Å². The zero-order valence-electron chi connectivity index (χ0n) is 14.9. The zero-order valence-corrected chi connectivity index (χ0v) is 16.5. The molecule has 2 aromatic rings. The number of carbonyl (C=O) groups excluding carboxylic acids is 1. The van der Waals surface area contributed by atoms with Crippen molar-refractivity contribution in [3.8, 4) is 0 Å². The monoisotopic (exact) mass is 388 g/mol. The molecule has 0 spiro atoms. The molecule has 1 N–H and O–H groups in total. The van der Waals surface area contributed by atoms with Crippen molar-refractivity contribution in [1.82, 2.24) is 14.3 Å². The number of rotatable bonds is 5. The van der Waals surface area contributed by atoms with E-state index in [0.29, 0.717) is 45.3 Å². The van der Waals surface area contributed by atoms with Crippen molar-refractivity contribution in [1.29, 1.82) is 0 Å². The molecule has 26 heavy (non-hydrogen) atoms. The van der Waals surface area contributed by atoms with Crippen molar-refractivity contribution >= 4 is 51.7 Å². The van der Waals surface area contributed by atoms with Crippen LogP contribution in [-0.2, 0) is 4.79 Å². The normalized spacial score (nSPS) is 16.3. The van der Waals surface area contributed by atoms with Crippen LogP contribution in [0.5, 0.6) is 0 Å². The SMILES string of the molecule is CCNc1nc2ccccn2c(=O)c1C=C1SC(=S)N(CC(C)C)C1=O. The van der Waals surface area contributed by atoms with Gasteiger partial charge in [-0.05, 0) is 31.1 Å². The molecular weight excluding hydrogens is 368 g/mol. The van der Waals surface area contributed by atoms with Crippen LogP contribution < -0.4 is 10.9 Å². The molecule has 0 aliphatic carbocycles. The van der Waals surface area contributed by atoms with Crippen molar-refractivity contribution in [2.75, 3.05) is 18.4 Å². The third-order valence-electron chi connectivity index (χ3n) is 3.81. The summed E-state index contributed by atoms with van der Waals surface area (Å²) in [6, 6.07) is 5.37. The topological polar surface area (TPSA) is 66.7 Å². The molecule has 1 saturated heterocycles. The Labute approximate surface area is 161 Å². The summed E-state index contributed by atoms with van der Waals surface area (Å²) in [7, 11) is 0. The summed E-state index contributed by atoms with van der Waals surface area (Å²) in [5.41, 5.74) is 0.694. The van der Waals surface area contributed by atoms with Crippen LogP contribution in [0.4, 0.5) is 5.82 Å². The van der Waals surface area contributed by atoms with Gasteiger partial charge in [0.1, 0.15) is 15.8 Å². The average Bonchev–Trinajstić information content (AvgIpc) is 2.85. The van der Waals surface area contributed by atoms with E-state index in [-0.39, 0.29) is 11.5 Å². The molecule has 0 unspecified atom stereocenters. The first-order valence-corrected chi connectivity index (χ1v) is 9.65. The van der Waals surface area contributed by atoms with E-state index < -0.39 is 0 Å². The second kappa shape index (κ2) is 7.59. The molecule has 1 aliphatic heterocycles. The Hall–Kier alpha value is -2.19. The summed E-state index contributed by atoms with van der Waals surface area (Å²) in [5, 5.41) is 3.12. The first-order valence-electron chi connectivity index (χ1n) is 8.43. The number of carbonyl (C=O) groups is 1. The Balaban J connectivity index is 2.10. The van der Waals surface area contributed by atoms with Gasteiger partial charge in [-0.1, -0.05) is 43.9 Å². The Kier molecular flexibility index (Phi) is 5.43. The van der Waals surface area contributed by atoms with E-state index in [4.69, 9.17) is 12.2 Å². The minimum Gasteiger partial charge on any atom is -0.370 e. The molecule has 0 aromatic carbocycles. The van der Waals surface area contributed by atoms with Gasteiger partial charge in [-0.3, -0.25) is 18.9 Å². The summed E-state index contributed by atoms with van der Waals surface area (Å²) in [6.45, 7) is 7.18. The Morgan fingerprint density at radius 2 is 2.12 bits per heavy atom. The van der Waals surface area contributed by atoms with Crippen LogP contribution in [0, 0.1) is 5.92 Å². The Morgan fingerprint density at radius 1 is 1.35 bits per heavy atom. The number of fused-ring (bicyclic) bond motifs is 1. The fraction of sp³-hybridized carbons (Fsp3) is 0.333. The maximum absolute atomic E-state index is 12.9. The summed E-state index contributed by atoms with van der Waals surface area (Å²) >= 11 is 6.56. The van der Waals surface area contributed by atoms with Crippen LogP contribution in [-0.4, -0.2) is 37.6 Å². The molecule has 0 radical (unpaired) electrons. The number of hydrogen-bond acceptors (Lipinski definition) is 6. The van der Waals surface area contributed by atoms with Crippen LogP contribution in [0.3, 0.4) is 0 Å². The smallest absolute Gasteiger partial charge is 0.267 e. The Bertz CT molecular complexity index is 965. The fourth-order valence-corrected chi connectivity index (χ4v) is 3.95. The number of thiocarbonyl (C=S) groups is 1. The first kappa shape index (κ1) is 18.6. The minimum absolute atomic E-state index is 0.159. The number of pyridine rings is 1. The van der Waals surface area contributed by atoms with Gasteiger partial charge in [-0.25, -0.2) is 4.98 Å². The molecule has 6 nitrogen and oxygen atoms in total. The van der Waals surface area contributed by atoms with E-state index >= 15 is 0 Å². The Morgan fingerprint density at radius 3 is 2.81 bits per heavy atom. The second-order valence-electron chi connectivity index (χ2n) is 6.32. The molecule has 3 heterocycles. The maximum atomic E-state index is 12.9. The lowest BCUT2D eigenvalue weighted by Crippen LogP contribution is -2.31. The largest absolute Gasteiger partial charge is 0.370 e. The lowest BCUT2D eigenvalue weighted by atomic mass is 10.2. The summed E-state index contributed by atoms with van der Waals surface area (Å²) in [4.78, 5) is 32.2. The van der Waals surface area contributed by atoms with Gasteiger partial charge in [0, 0.05) is 19.3 Å². The molecule has 1 aliphatic rings. The number of anilines is 1. The van der Waals surface area contributed by atoms with E-state index in [1.54, 1.807) is 29.3 Å². The lowest BCUT2D eigenvalue weighted by Gasteiger charge is -2.16. The van der Waals surface area contributed by atoms with Gasteiger partial charge in [0.05, 0.1) is 10.5 Å². The quantitative estimate of drug-likeness (QED) is 0.627. The van der Waals surface area contributed by atoms with Crippen molar-refractivity contribution in [3.63, 3.8) is 0 Å². The molecule has 136 valence electrons. The van der Waals surface area contributed by atoms with Gasteiger partial charge in [-0.2, -0.15) is 0 Å². The van der Waals surface area contributed by atoms with Gasteiger partial charge >= 0.3 is 0 Å². The van der Waals surface area contributed by atoms with Gasteiger partial charge in [0.2, 0.25) is 0 Å². The molecule has 0 bridgehead atoms. The predicted molar refractivity (Wildman–Crippen MR) is 110 cm³/mol. The standard InChI is InChI=1S/C18H20N4O2S2/c1-4-19-15-12(16(23)21-8-6-5-7-14(21)20-15)9-13-17(24)22(10-11(2)3)18(25)26-13/h5-9,11,19H,4,10H2,1-3H3. The van der Waals surface area contributed by atoms with Crippen molar-refractivity contribution in [2.24, 2.45) is 5.92 Å². The van der Waals surface area contributed by atoms with Gasteiger partial charge in [-0.15, -0.1) is 0 Å². The zero-order chi connectivity index (χ0) is 18.8. The maximum Gasteiger partial charge on any atom is 0.267 e. The van der Waals surface area contributed by atoms with Crippen molar-refractivity contribution in [3.05, 3.63) is 45.2 Å². The molecule has 0 atom stereocenters. The van der Waals surface area contributed by atoms with Crippen LogP contribution in [0.1, 0.15) is 26.3 Å². The highest BCUT2D eigenvalue weighted by Crippen LogP contribution is 2.33. The van der Waals surface area contributed by atoms with E-state index in [1.807, 2.05) is 26.8 Å². The highest BCUT2D eigenvalue weighted by Gasteiger charge is 2.32. The van der Waals surface area contributed by atoms with Gasteiger partial charge in [0.25, 0.3) is 11.5 Å².